The van der Waals surface area contributed by atoms with Crippen LogP contribution in [0.1, 0.15) is 44.4 Å². The minimum atomic E-state index is -0.215. The lowest BCUT2D eigenvalue weighted by Gasteiger charge is -2.18. The van der Waals surface area contributed by atoms with Crippen LogP contribution in [0, 0.1) is 5.92 Å². The van der Waals surface area contributed by atoms with E-state index in [1.165, 1.54) is 0 Å². The van der Waals surface area contributed by atoms with E-state index < -0.39 is 0 Å². The topological polar surface area (TPSA) is 62.4 Å². The highest BCUT2D eigenvalue weighted by atomic mass is 16.4. The first-order valence-electron chi connectivity index (χ1n) is 6.25. The Kier molecular flexibility index (Phi) is 3.79. The van der Waals surface area contributed by atoms with Gasteiger partial charge in [0.2, 0.25) is 11.8 Å². The molecule has 0 spiro atoms. The van der Waals surface area contributed by atoms with E-state index in [0.717, 1.165) is 12.8 Å². The molecule has 1 unspecified atom stereocenters. The van der Waals surface area contributed by atoms with E-state index in [1.807, 2.05) is 25.8 Å². The van der Waals surface area contributed by atoms with Crippen LogP contribution >= 0.6 is 0 Å². The lowest BCUT2D eigenvalue weighted by molar-refractivity contribution is 0.100. The quantitative estimate of drug-likeness (QED) is 0.813. The van der Waals surface area contributed by atoms with E-state index in [-0.39, 0.29) is 12.0 Å². The molecule has 1 saturated carbocycles. The van der Waals surface area contributed by atoms with Crippen molar-refractivity contribution in [1.82, 2.24) is 15.1 Å². The third kappa shape index (κ3) is 3.51. The molecule has 1 atom stereocenters. The number of aliphatic hydroxyl groups is 1. The maximum absolute atomic E-state index is 9.82. The number of hydrogen-bond acceptors (Lipinski definition) is 5. The highest BCUT2D eigenvalue weighted by Gasteiger charge is 2.30. The van der Waals surface area contributed by atoms with E-state index in [4.69, 9.17) is 4.42 Å². The molecule has 0 amide bonds. The lowest BCUT2D eigenvalue weighted by Crippen LogP contribution is -2.30. The first-order chi connectivity index (χ1) is 8.06. The summed E-state index contributed by atoms with van der Waals surface area (Å²) >= 11 is 0. The molecule has 1 heterocycles. The zero-order valence-corrected chi connectivity index (χ0v) is 10.8. The van der Waals surface area contributed by atoms with Gasteiger partial charge in [-0.25, -0.2) is 0 Å². The van der Waals surface area contributed by atoms with Gasteiger partial charge in [-0.05, 0) is 25.8 Å². The molecule has 5 heteroatoms. The average Bonchev–Trinajstić information content (AvgIpc) is 2.99. The molecular formula is C12H21N3O2. The van der Waals surface area contributed by atoms with E-state index in [0.29, 0.717) is 30.8 Å². The Morgan fingerprint density at radius 3 is 2.65 bits per heavy atom. The molecule has 0 radical (unpaired) electrons. The summed E-state index contributed by atoms with van der Waals surface area (Å²) in [4.78, 5) is 2.03. The second-order valence-electron chi connectivity index (χ2n) is 5.29. The highest BCUT2D eigenvalue weighted by molar-refractivity contribution is 4.88. The number of hydrogen-bond donors (Lipinski definition) is 1. The minimum absolute atomic E-state index is 0.215. The second kappa shape index (κ2) is 5.14. The third-order valence-electron chi connectivity index (χ3n) is 3.05. The predicted octanol–water partition coefficient (Wildman–Crippen LogP) is 1.40. The zero-order chi connectivity index (χ0) is 12.4. The van der Waals surface area contributed by atoms with Gasteiger partial charge in [0.15, 0.2) is 0 Å². The summed E-state index contributed by atoms with van der Waals surface area (Å²) in [5.74, 6) is 2.07. The predicted molar refractivity (Wildman–Crippen MR) is 63.5 cm³/mol. The largest absolute Gasteiger partial charge is 0.424 e. The molecule has 0 saturated heterocycles. The highest BCUT2D eigenvalue weighted by Crippen LogP contribution is 2.32. The zero-order valence-electron chi connectivity index (χ0n) is 10.8. The molecule has 0 aromatic carbocycles. The van der Waals surface area contributed by atoms with Crippen LogP contribution in [0.4, 0.5) is 0 Å². The fourth-order valence-electron chi connectivity index (χ4n) is 1.81. The summed E-state index contributed by atoms with van der Waals surface area (Å²) < 4.78 is 5.53. The fourth-order valence-corrected chi connectivity index (χ4v) is 1.81. The van der Waals surface area contributed by atoms with Gasteiger partial charge in [-0.3, -0.25) is 4.90 Å². The standard InChI is InChI=1S/C12H21N3O2/c1-8(2)12-14-13-11(17-12)7-15(3)6-10(16)9-4-5-9/h8-10,16H,4-7H2,1-3H3. The SMILES string of the molecule is CC(C)c1nnc(CN(C)CC(O)C2CC2)o1. The van der Waals surface area contributed by atoms with Crippen molar-refractivity contribution in [2.45, 2.75) is 45.3 Å². The number of aliphatic hydroxyl groups excluding tert-OH is 1. The van der Waals surface area contributed by atoms with Crippen molar-refractivity contribution in [3.05, 3.63) is 11.8 Å². The Hall–Kier alpha value is -0.940. The van der Waals surface area contributed by atoms with Crippen LogP contribution in [0.2, 0.25) is 0 Å². The molecule has 1 aliphatic rings. The van der Waals surface area contributed by atoms with E-state index >= 15 is 0 Å². The van der Waals surface area contributed by atoms with Crippen molar-refractivity contribution < 1.29 is 9.52 Å². The van der Waals surface area contributed by atoms with Crippen molar-refractivity contribution in [3.8, 4) is 0 Å². The van der Waals surface area contributed by atoms with Gasteiger partial charge in [0, 0.05) is 12.5 Å². The van der Waals surface area contributed by atoms with E-state index in [9.17, 15) is 5.11 Å². The molecule has 2 rings (SSSR count). The van der Waals surface area contributed by atoms with Gasteiger partial charge in [0.25, 0.3) is 0 Å². The van der Waals surface area contributed by atoms with Gasteiger partial charge in [-0.15, -0.1) is 10.2 Å². The summed E-state index contributed by atoms with van der Waals surface area (Å²) in [5.41, 5.74) is 0. The molecular weight excluding hydrogens is 218 g/mol. The maximum Gasteiger partial charge on any atom is 0.230 e. The average molecular weight is 239 g/mol. The van der Waals surface area contributed by atoms with Crippen molar-refractivity contribution >= 4 is 0 Å². The molecule has 1 aliphatic carbocycles. The summed E-state index contributed by atoms with van der Waals surface area (Å²) in [6.07, 6.45) is 2.10. The van der Waals surface area contributed by atoms with E-state index in [2.05, 4.69) is 10.2 Å². The summed E-state index contributed by atoms with van der Waals surface area (Å²) in [7, 11) is 1.96. The van der Waals surface area contributed by atoms with Crippen LogP contribution in [0.3, 0.4) is 0 Å². The molecule has 5 nitrogen and oxygen atoms in total. The minimum Gasteiger partial charge on any atom is -0.424 e. The van der Waals surface area contributed by atoms with Crippen LogP contribution < -0.4 is 0 Å². The van der Waals surface area contributed by atoms with Crippen molar-refractivity contribution in [2.24, 2.45) is 5.92 Å². The monoisotopic (exact) mass is 239 g/mol. The molecule has 1 N–H and O–H groups in total. The maximum atomic E-state index is 9.82. The third-order valence-corrected chi connectivity index (χ3v) is 3.05. The van der Waals surface area contributed by atoms with Crippen molar-refractivity contribution in [2.75, 3.05) is 13.6 Å². The Labute approximate surface area is 102 Å². The van der Waals surface area contributed by atoms with Gasteiger partial charge in [-0.2, -0.15) is 0 Å². The molecule has 1 aromatic rings. The Morgan fingerprint density at radius 2 is 2.12 bits per heavy atom. The Balaban J connectivity index is 1.82. The summed E-state index contributed by atoms with van der Waals surface area (Å²) in [6.45, 7) is 5.32. The van der Waals surface area contributed by atoms with Gasteiger partial charge in [-0.1, -0.05) is 13.8 Å². The number of aromatic nitrogens is 2. The van der Waals surface area contributed by atoms with Crippen LogP contribution in [0.5, 0.6) is 0 Å². The number of nitrogens with zero attached hydrogens (tertiary/aromatic N) is 3. The summed E-state index contributed by atoms with van der Waals surface area (Å²) in [5, 5.41) is 17.8. The smallest absolute Gasteiger partial charge is 0.230 e. The van der Waals surface area contributed by atoms with Crippen molar-refractivity contribution in [1.29, 1.82) is 0 Å². The molecule has 96 valence electrons. The molecule has 0 bridgehead atoms. The molecule has 1 aromatic heterocycles. The summed E-state index contributed by atoms with van der Waals surface area (Å²) in [6, 6.07) is 0. The molecule has 1 fully saturated rings. The van der Waals surface area contributed by atoms with Crippen LogP contribution in [0.15, 0.2) is 4.42 Å². The Bertz CT molecular complexity index is 360. The first kappa shape index (κ1) is 12.5. The Morgan fingerprint density at radius 1 is 1.41 bits per heavy atom. The van der Waals surface area contributed by atoms with Crippen LogP contribution in [-0.2, 0) is 6.54 Å². The molecule has 17 heavy (non-hydrogen) atoms. The van der Waals surface area contributed by atoms with Gasteiger partial charge >= 0.3 is 0 Å². The second-order valence-corrected chi connectivity index (χ2v) is 5.29. The van der Waals surface area contributed by atoms with Crippen LogP contribution in [0.25, 0.3) is 0 Å². The fraction of sp³-hybridized carbons (Fsp3) is 0.833. The van der Waals surface area contributed by atoms with Gasteiger partial charge in [0.05, 0.1) is 12.6 Å². The van der Waals surface area contributed by atoms with Gasteiger partial charge < -0.3 is 9.52 Å². The normalized spacial score (nSPS) is 18.0. The van der Waals surface area contributed by atoms with Gasteiger partial charge in [0.1, 0.15) is 0 Å². The lowest BCUT2D eigenvalue weighted by atomic mass is 10.2. The number of likely N-dealkylation sites (N-methyl/N-ethyl adjacent to an activating group) is 1. The first-order valence-corrected chi connectivity index (χ1v) is 6.25. The molecule has 0 aliphatic heterocycles. The van der Waals surface area contributed by atoms with E-state index in [1.54, 1.807) is 0 Å². The van der Waals surface area contributed by atoms with Crippen molar-refractivity contribution in [3.63, 3.8) is 0 Å². The number of rotatable bonds is 6. The van der Waals surface area contributed by atoms with Crippen LogP contribution in [-0.4, -0.2) is 39.9 Å².